The lowest BCUT2D eigenvalue weighted by molar-refractivity contribution is 0.102. The van der Waals surface area contributed by atoms with Crippen molar-refractivity contribution >= 4 is 11.6 Å². The minimum atomic E-state index is -0.369. The lowest BCUT2D eigenvalue weighted by Crippen LogP contribution is -2.15. The molecule has 1 heterocycles. The molecule has 6 nitrogen and oxygen atoms in total. The number of halogens is 1. The van der Waals surface area contributed by atoms with E-state index in [4.69, 9.17) is 9.47 Å². The van der Waals surface area contributed by atoms with Crippen LogP contribution in [0.15, 0.2) is 48.5 Å². The van der Waals surface area contributed by atoms with Crippen LogP contribution in [0.3, 0.4) is 0 Å². The summed E-state index contributed by atoms with van der Waals surface area (Å²) in [6.07, 6.45) is 0. The van der Waals surface area contributed by atoms with Crippen molar-refractivity contribution in [3.63, 3.8) is 0 Å². The number of nitrogens with one attached hydrogen (secondary N) is 1. The Labute approximate surface area is 162 Å². The smallest absolute Gasteiger partial charge is 0.259 e. The van der Waals surface area contributed by atoms with Gasteiger partial charge in [-0.2, -0.15) is 5.10 Å². The van der Waals surface area contributed by atoms with Crippen molar-refractivity contribution in [3.8, 4) is 11.5 Å². The van der Waals surface area contributed by atoms with Gasteiger partial charge in [0.15, 0.2) is 6.73 Å². The third-order valence-corrected chi connectivity index (χ3v) is 4.20. The minimum Gasteiger partial charge on any atom is -0.493 e. The summed E-state index contributed by atoms with van der Waals surface area (Å²) in [5.41, 5.74) is 2.45. The maximum atomic E-state index is 13.3. The van der Waals surface area contributed by atoms with Crippen LogP contribution in [0, 0.1) is 19.7 Å². The zero-order valence-electron chi connectivity index (χ0n) is 16.0. The molecule has 1 N–H and O–H groups in total. The van der Waals surface area contributed by atoms with Crippen LogP contribution in [0.1, 0.15) is 28.7 Å². The highest BCUT2D eigenvalue weighted by atomic mass is 19.1. The monoisotopic (exact) mass is 383 g/mol. The number of para-hydroxylation sites is 1. The lowest BCUT2D eigenvalue weighted by Gasteiger charge is -2.11. The zero-order valence-corrected chi connectivity index (χ0v) is 16.0. The van der Waals surface area contributed by atoms with Gasteiger partial charge >= 0.3 is 0 Å². The van der Waals surface area contributed by atoms with Crippen LogP contribution in [-0.4, -0.2) is 22.3 Å². The molecule has 0 saturated carbocycles. The number of rotatable bonds is 7. The van der Waals surface area contributed by atoms with Crippen LogP contribution in [0.2, 0.25) is 0 Å². The SMILES string of the molecule is CCOc1ccccc1C(=O)Nc1c(C)nn(COc2cccc(F)c2)c1C. The molecule has 2 aromatic carbocycles. The molecule has 28 heavy (non-hydrogen) atoms. The van der Waals surface area contributed by atoms with Crippen molar-refractivity contribution < 1.29 is 18.7 Å². The van der Waals surface area contributed by atoms with E-state index in [1.807, 2.05) is 19.9 Å². The normalized spacial score (nSPS) is 10.6. The van der Waals surface area contributed by atoms with Crippen molar-refractivity contribution in [1.29, 1.82) is 0 Å². The number of anilines is 1. The molecular formula is C21H22FN3O3. The van der Waals surface area contributed by atoms with E-state index in [1.54, 1.807) is 41.9 Å². The Morgan fingerprint density at radius 3 is 2.68 bits per heavy atom. The number of carbonyl (C=O) groups excluding carboxylic acids is 1. The molecule has 0 atom stereocenters. The summed E-state index contributed by atoms with van der Waals surface area (Å²) in [5.74, 6) is 0.288. The molecule has 7 heteroatoms. The summed E-state index contributed by atoms with van der Waals surface area (Å²) in [6, 6.07) is 13.0. The van der Waals surface area contributed by atoms with Crippen molar-refractivity contribution in [2.24, 2.45) is 0 Å². The van der Waals surface area contributed by atoms with Gasteiger partial charge in [-0.05, 0) is 45.0 Å². The number of ether oxygens (including phenoxy) is 2. The number of carbonyl (C=O) groups is 1. The molecule has 0 saturated heterocycles. The summed E-state index contributed by atoms with van der Waals surface area (Å²) in [5, 5.41) is 7.31. The Bertz CT molecular complexity index is 985. The Morgan fingerprint density at radius 1 is 1.14 bits per heavy atom. The number of aryl methyl sites for hydroxylation is 1. The average molecular weight is 383 g/mol. The highest BCUT2D eigenvalue weighted by molar-refractivity contribution is 6.06. The Hall–Kier alpha value is -3.35. The van der Waals surface area contributed by atoms with Gasteiger partial charge in [-0.15, -0.1) is 0 Å². The molecule has 0 aliphatic heterocycles. The third kappa shape index (κ3) is 4.31. The highest BCUT2D eigenvalue weighted by Gasteiger charge is 2.18. The Balaban J connectivity index is 1.76. The van der Waals surface area contributed by atoms with Gasteiger partial charge in [-0.1, -0.05) is 18.2 Å². The van der Waals surface area contributed by atoms with Crippen LogP contribution in [0.4, 0.5) is 10.1 Å². The minimum absolute atomic E-state index is 0.0987. The molecule has 0 aliphatic rings. The van der Waals surface area contributed by atoms with Gasteiger partial charge in [0.2, 0.25) is 0 Å². The molecule has 0 unspecified atom stereocenters. The molecule has 146 valence electrons. The van der Waals surface area contributed by atoms with E-state index in [2.05, 4.69) is 10.4 Å². The molecule has 0 radical (unpaired) electrons. The first kappa shape index (κ1) is 19.4. The number of benzene rings is 2. The Kier molecular flexibility index (Phi) is 5.93. The number of hydrogen-bond acceptors (Lipinski definition) is 4. The van der Waals surface area contributed by atoms with E-state index in [0.717, 1.165) is 5.69 Å². The summed E-state index contributed by atoms with van der Waals surface area (Å²) in [7, 11) is 0. The molecule has 0 aliphatic carbocycles. The Morgan fingerprint density at radius 2 is 1.93 bits per heavy atom. The lowest BCUT2D eigenvalue weighted by atomic mass is 10.1. The van der Waals surface area contributed by atoms with Crippen molar-refractivity contribution in [3.05, 3.63) is 71.3 Å². The van der Waals surface area contributed by atoms with Crippen LogP contribution in [0.25, 0.3) is 0 Å². The summed E-state index contributed by atoms with van der Waals surface area (Å²) < 4.78 is 26.0. The highest BCUT2D eigenvalue weighted by Crippen LogP contribution is 2.24. The van der Waals surface area contributed by atoms with E-state index in [0.29, 0.717) is 35.1 Å². The predicted octanol–water partition coefficient (Wildman–Crippen LogP) is 4.33. The van der Waals surface area contributed by atoms with Gasteiger partial charge in [0, 0.05) is 6.07 Å². The fourth-order valence-corrected chi connectivity index (χ4v) is 2.81. The first-order valence-electron chi connectivity index (χ1n) is 8.95. The largest absolute Gasteiger partial charge is 0.493 e. The van der Waals surface area contributed by atoms with E-state index in [1.165, 1.54) is 12.1 Å². The number of amides is 1. The van der Waals surface area contributed by atoms with Crippen molar-refractivity contribution in [2.75, 3.05) is 11.9 Å². The molecule has 1 aromatic heterocycles. The van der Waals surface area contributed by atoms with Crippen molar-refractivity contribution in [2.45, 2.75) is 27.5 Å². The van der Waals surface area contributed by atoms with Crippen LogP contribution >= 0.6 is 0 Å². The summed E-state index contributed by atoms with van der Waals surface area (Å²) in [4.78, 5) is 12.7. The van der Waals surface area contributed by atoms with Crippen molar-refractivity contribution in [1.82, 2.24) is 9.78 Å². The average Bonchev–Trinajstić information content (AvgIpc) is 2.94. The molecule has 3 rings (SSSR count). The number of aromatic nitrogens is 2. The van der Waals surface area contributed by atoms with E-state index < -0.39 is 0 Å². The maximum absolute atomic E-state index is 13.3. The standard InChI is InChI=1S/C21H22FN3O3/c1-4-27-19-11-6-5-10-18(19)21(26)23-20-14(2)24-25(15(20)3)13-28-17-9-7-8-16(22)12-17/h5-12H,4,13H2,1-3H3,(H,23,26). The van der Waals surface area contributed by atoms with E-state index in [-0.39, 0.29) is 18.5 Å². The summed E-state index contributed by atoms with van der Waals surface area (Å²) >= 11 is 0. The number of hydrogen-bond donors (Lipinski definition) is 1. The van der Waals surface area contributed by atoms with Gasteiger partial charge in [-0.3, -0.25) is 4.79 Å². The van der Waals surface area contributed by atoms with Crippen LogP contribution in [0.5, 0.6) is 11.5 Å². The fourth-order valence-electron chi connectivity index (χ4n) is 2.81. The van der Waals surface area contributed by atoms with E-state index >= 15 is 0 Å². The molecule has 0 fully saturated rings. The zero-order chi connectivity index (χ0) is 20.1. The topological polar surface area (TPSA) is 65.4 Å². The van der Waals surface area contributed by atoms with Gasteiger partial charge < -0.3 is 14.8 Å². The van der Waals surface area contributed by atoms with Gasteiger partial charge in [0.05, 0.1) is 29.2 Å². The molecule has 1 amide bonds. The van der Waals surface area contributed by atoms with Gasteiger partial charge in [-0.25, -0.2) is 9.07 Å². The number of nitrogens with zero attached hydrogens (tertiary/aromatic N) is 2. The van der Waals surface area contributed by atoms with E-state index in [9.17, 15) is 9.18 Å². The molecule has 3 aromatic rings. The third-order valence-electron chi connectivity index (χ3n) is 4.20. The predicted molar refractivity (Wildman–Crippen MR) is 104 cm³/mol. The molecule has 0 spiro atoms. The second-order valence-corrected chi connectivity index (χ2v) is 6.16. The fraction of sp³-hybridized carbons (Fsp3) is 0.238. The van der Waals surface area contributed by atoms with Crippen LogP contribution < -0.4 is 14.8 Å². The van der Waals surface area contributed by atoms with Gasteiger partial charge in [0.25, 0.3) is 5.91 Å². The first-order chi connectivity index (χ1) is 13.5. The maximum Gasteiger partial charge on any atom is 0.259 e. The van der Waals surface area contributed by atoms with Gasteiger partial charge in [0.1, 0.15) is 17.3 Å². The second kappa shape index (κ2) is 8.56. The van der Waals surface area contributed by atoms with Crippen LogP contribution in [-0.2, 0) is 6.73 Å². The second-order valence-electron chi connectivity index (χ2n) is 6.16. The quantitative estimate of drug-likeness (QED) is 0.660. The summed E-state index contributed by atoms with van der Waals surface area (Å²) in [6.45, 7) is 6.07. The first-order valence-corrected chi connectivity index (χ1v) is 8.95. The molecule has 0 bridgehead atoms. The molecular weight excluding hydrogens is 361 g/mol.